The fourth-order valence-corrected chi connectivity index (χ4v) is 3.12. The second-order valence-electron chi connectivity index (χ2n) is 7.01. The lowest BCUT2D eigenvalue weighted by atomic mass is 9.93. The first-order valence-corrected chi connectivity index (χ1v) is 9.26. The quantitative estimate of drug-likeness (QED) is 0.768. The van der Waals surface area contributed by atoms with E-state index in [0.29, 0.717) is 30.0 Å². The van der Waals surface area contributed by atoms with Crippen LogP contribution in [0.5, 0.6) is 5.75 Å². The molecule has 6 heteroatoms. The number of ketones is 1. The van der Waals surface area contributed by atoms with Crippen LogP contribution in [0.3, 0.4) is 0 Å². The molecule has 0 saturated heterocycles. The number of rotatable bonds is 6. The smallest absolute Gasteiger partial charge is 0.261 e. The number of aromatic nitrogens is 1. The second-order valence-corrected chi connectivity index (χ2v) is 7.01. The summed E-state index contributed by atoms with van der Waals surface area (Å²) in [5.74, 6) is 0.650. The highest BCUT2D eigenvalue weighted by Gasteiger charge is 2.21. The number of fused-ring (bicyclic) bond motifs is 1. The molecule has 1 aliphatic carbocycles. The van der Waals surface area contributed by atoms with Gasteiger partial charge in [0.2, 0.25) is 0 Å². The first-order valence-electron chi connectivity index (χ1n) is 9.26. The number of amides is 1. The molecule has 2 aromatic rings. The normalized spacial score (nSPS) is 13.4. The Morgan fingerprint density at radius 3 is 2.63 bits per heavy atom. The summed E-state index contributed by atoms with van der Waals surface area (Å²) in [6.45, 7) is 4.80. The van der Waals surface area contributed by atoms with Gasteiger partial charge in [-0.1, -0.05) is 26.0 Å². The van der Waals surface area contributed by atoms with E-state index in [4.69, 9.17) is 4.74 Å². The lowest BCUT2D eigenvalue weighted by Gasteiger charge is -2.15. The molecule has 1 aliphatic rings. The molecule has 0 fully saturated rings. The van der Waals surface area contributed by atoms with E-state index in [1.807, 2.05) is 24.3 Å². The number of H-pyrrole nitrogens is 1. The Labute approximate surface area is 157 Å². The van der Waals surface area contributed by atoms with Crippen LogP contribution in [0.1, 0.15) is 64.6 Å². The Kier molecular flexibility index (Phi) is 5.74. The molecule has 1 aromatic carbocycles. The predicted octanol–water partition coefficient (Wildman–Crippen LogP) is 2.83. The average molecular weight is 368 g/mol. The van der Waals surface area contributed by atoms with Crippen molar-refractivity contribution in [1.82, 2.24) is 10.3 Å². The first kappa shape index (κ1) is 18.9. The number of hydrogen-bond donors (Lipinski definition) is 2. The van der Waals surface area contributed by atoms with Crippen molar-refractivity contribution in [2.45, 2.75) is 39.0 Å². The average Bonchev–Trinajstić information content (AvgIpc) is 2.65. The van der Waals surface area contributed by atoms with Crippen LogP contribution < -0.4 is 15.6 Å². The SMILES string of the molecule is CC(C)c1ccc(OCCNC(=O)c2cc3c([nH]c2=O)CCCC3=O)cc1. The summed E-state index contributed by atoms with van der Waals surface area (Å²) in [5, 5.41) is 2.67. The number of carbonyl (C=O) groups is 2. The summed E-state index contributed by atoms with van der Waals surface area (Å²) in [6, 6.07) is 9.24. The van der Waals surface area contributed by atoms with Gasteiger partial charge in [-0.05, 0) is 42.5 Å². The van der Waals surface area contributed by atoms with Crippen LogP contribution in [0.4, 0.5) is 0 Å². The number of nitrogens with one attached hydrogen (secondary N) is 2. The zero-order chi connectivity index (χ0) is 19.4. The number of carbonyl (C=O) groups excluding carboxylic acids is 2. The molecular formula is C21H24N2O4. The van der Waals surface area contributed by atoms with E-state index in [2.05, 4.69) is 24.1 Å². The third-order valence-corrected chi connectivity index (χ3v) is 4.70. The highest BCUT2D eigenvalue weighted by atomic mass is 16.5. The molecule has 0 aliphatic heterocycles. The Balaban J connectivity index is 1.56. The van der Waals surface area contributed by atoms with Crippen LogP contribution >= 0.6 is 0 Å². The molecule has 6 nitrogen and oxygen atoms in total. The van der Waals surface area contributed by atoms with Gasteiger partial charge in [0.05, 0.1) is 6.54 Å². The standard InChI is InChI=1S/C21H24N2O4/c1-13(2)14-6-8-15(9-7-14)27-11-10-22-20(25)17-12-16-18(23-21(17)26)4-3-5-19(16)24/h6-9,12-13H,3-5,10-11H2,1-2H3,(H,22,25)(H,23,26). The van der Waals surface area contributed by atoms with Crippen molar-refractivity contribution in [3.63, 3.8) is 0 Å². The maximum Gasteiger partial charge on any atom is 0.261 e. The summed E-state index contributed by atoms with van der Waals surface area (Å²) < 4.78 is 5.61. The maximum atomic E-state index is 12.3. The summed E-state index contributed by atoms with van der Waals surface area (Å²) >= 11 is 0. The highest BCUT2D eigenvalue weighted by Crippen LogP contribution is 2.19. The Bertz CT molecular complexity index is 897. The van der Waals surface area contributed by atoms with Gasteiger partial charge in [0.15, 0.2) is 5.78 Å². The van der Waals surface area contributed by atoms with E-state index in [-0.39, 0.29) is 24.5 Å². The van der Waals surface area contributed by atoms with Crippen molar-refractivity contribution < 1.29 is 14.3 Å². The van der Waals surface area contributed by atoms with Crippen molar-refractivity contribution in [2.75, 3.05) is 13.2 Å². The van der Waals surface area contributed by atoms with Crippen molar-refractivity contribution in [3.8, 4) is 5.75 Å². The number of pyridine rings is 1. The summed E-state index contributed by atoms with van der Waals surface area (Å²) in [4.78, 5) is 39.1. The lowest BCUT2D eigenvalue weighted by Crippen LogP contribution is -2.34. The first-order chi connectivity index (χ1) is 13.0. The fraction of sp³-hybridized carbons (Fsp3) is 0.381. The molecule has 142 valence electrons. The van der Waals surface area contributed by atoms with Gasteiger partial charge in [-0.3, -0.25) is 14.4 Å². The molecule has 1 heterocycles. The highest BCUT2D eigenvalue weighted by molar-refractivity contribution is 6.01. The zero-order valence-electron chi connectivity index (χ0n) is 15.6. The van der Waals surface area contributed by atoms with E-state index in [1.165, 1.54) is 11.6 Å². The number of ether oxygens (including phenoxy) is 1. The van der Waals surface area contributed by atoms with Crippen molar-refractivity contribution in [2.24, 2.45) is 0 Å². The molecule has 1 aromatic heterocycles. The largest absolute Gasteiger partial charge is 0.492 e. The molecule has 0 saturated carbocycles. The lowest BCUT2D eigenvalue weighted by molar-refractivity contribution is 0.0945. The Hall–Kier alpha value is -2.89. The van der Waals surface area contributed by atoms with Crippen molar-refractivity contribution in [3.05, 3.63) is 63.1 Å². The van der Waals surface area contributed by atoms with Gasteiger partial charge in [0.25, 0.3) is 11.5 Å². The van der Waals surface area contributed by atoms with Gasteiger partial charge in [0, 0.05) is 17.7 Å². The van der Waals surface area contributed by atoms with Crippen LogP contribution in [0, 0.1) is 0 Å². The minimum atomic E-state index is -0.504. The minimum absolute atomic E-state index is 0.0327. The second kappa shape index (κ2) is 8.20. The van der Waals surface area contributed by atoms with Gasteiger partial charge in [0.1, 0.15) is 17.9 Å². The molecule has 27 heavy (non-hydrogen) atoms. The fourth-order valence-electron chi connectivity index (χ4n) is 3.12. The Morgan fingerprint density at radius 2 is 1.93 bits per heavy atom. The predicted molar refractivity (Wildman–Crippen MR) is 103 cm³/mol. The Morgan fingerprint density at radius 1 is 1.19 bits per heavy atom. The van der Waals surface area contributed by atoms with Gasteiger partial charge < -0.3 is 15.0 Å². The third-order valence-electron chi connectivity index (χ3n) is 4.70. The molecule has 0 radical (unpaired) electrons. The number of Topliss-reactive ketones (excluding diaryl/α,β-unsaturated/α-hetero) is 1. The molecule has 0 unspecified atom stereocenters. The summed E-state index contributed by atoms with van der Waals surface area (Å²) in [5.41, 5.74) is 1.81. The van der Waals surface area contributed by atoms with Crippen molar-refractivity contribution in [1.29, 1.82) is 0 Å². The third kappa shape index (κ3) is 4.45. The topological polar surface area (TPSA) is 88.3 Å². The van der Waals surface area contributed by atoms with Crippen LogP contribution in [0.2, 0.25) is 0 Å². The summed E-state index contributed by atoms with van der Waals surface area (Å²) in [7, 11) is 0. The minimum Gasteiger partial charge on any atom is -0.492 e. The van der Waals surface area contributed by atoms with E-state index in [0.717, 1.165) is 12.2 Å². The van der Waals surface area contributed by atoms with Gasteiger partial charge in [-0.15, -0.1) is 0 Å². The molecule has 2 N–H and O–H groups in total. The number of hydrogen-bond acceptors (Lipinski definition) is 4. The van der Waals surface area contributed by atoms with E-state index >= 15 is 0 Å². The number of aryl methyl sites for hydroxylation is 1. The summed E-state index contributed by atoms with van der Waals surface area (Å²) in [6.07, 6.45) is 1.83. The molecule has 0 bridgehead atoms. The van der Waals surface area contributed by atoms with Crippen LogP contribution in [0.15, 0.2) is 35.1 Å². The van der Waals surface area contributed by atoms with Crippen LogP contribution in [-0.2, 0) is 6.42 Å². The van der Waals surface area contributed by atoms with Gasteiger partial charge >= 0.3 is 0 Å². The number of benzene rings is 1. The van der Waals surface area contributed by atoms with Crippen molar-refractivity contribution >= 4 is 11.7 Å². The molecule has 3 rings (SSSR count). The van der Waals surface area contributed by atoms with E-state index in [9.17, 15) is 14.4 Å². The number of aromatic amines is 1. The van der Waals surface area contributed by atoms with E-state index in [1.54, 1.807) is 0 Å². The molecule has 0 atom stereocenters. The van der Waals surface area contributed by atoms with Crippen LogP contribution in [-0.4, -0.2) is 29.8 Å². The molecular weight excluding hydrogens is 344 g/mol. The molecule has 1 amide bonds. The van der Waals surface area contributed by atoms with Crippen LogP contribution in [0.25, 0.3) is 0 Å². The van der Waals surface area contributed by atoms with Gasteiger partial charge in [-0.2, -0.15) is 0 Å². The monoisotopic (exact) mass is 368 g/mol. The zero-order valence-corrected chi connectivity index (χ0v) is 15.6. The molecule has 0 spiro atoms. The van der Waals surface area contributed by atoms with Gasteiger partial charge in [-0.25, -0.2) is 0 Å². The van der Waals surface area contributed by atoms with E-state index < -0.39 is 11.5 Å². The maximum absolute atomic E-state index is 12.3.